The number of amides is 1. The van der Waals surface area contributed by atoms with Crippen LogP contribution in [0.25, 0.3) is 10.8 Å². The van der Waals surface area contributed by atoms with Gasteiger partial charge in [0.05, 0.1) is 0 Å². The summed E-state index contributed by atoms with van der Waals surface area (Å²) in [6.07, 6.45) is 6.94. The molecule has 0 saturated heterocycles. The van der Waals surface area contributed by atoms with Crippen molar-refractivity contribution in [2.45, 2.75) is 44.1 Å². The van der Waals surface area contributed by atoms with Crippen LogP contribution in [-0.4, -0.2) is 34.2 Å². The summed E-state index contributed by atoms with van der Waals surface area (Å²) in [5.74, 6) is 0.618. The van der Waals surface area contributed by atoms with Gasteiger partial charge in [-0.3, -0.25) is 4.79 Å². The molecular weight excluding hydrogens is 370 g/mol. The number of fused-ring (bicyclic) bond motifs is 1. The number of phenols is 2. The van der Waals surface area contributed by atoms with Gasteiger partial charge in [0.15, 0.2) is 6.61 Å². The minimum absolute atomic E-state index is 0.122. The highest BCUT2D eigenvalue weighted by Gasteiger charge is 2.51. The molecule has 6 rings (SSSR count). The van der Waals surface area contributed by atoms with Crippen LogP contribution in [-0.2, 0) is 9.53 Å². The molecule has 0 unspecified atom stereocenters. The largest absolute Gasteiger partial charge is 0.507 e. The van der Waals surface area contributed by atoms with Gasteiger partial charge in [-0.05, 0) is 62.3 Å². The third-order valence-corrected chi connectivity index (χ3v) is 6.99. The summed E-state index contributed by atoms with van der Waals surface area (Å²) in [5, 5.41) is 24.5. The summed E-state index contributed by atoms with van der Waals surface area (Å²) >= 11 is 0. The van der Waals surface area contributed by atoms with Crippen LogP contribution in [0.15, 0.2) is 30.3 Å². The first kappa shape index (κ1) is 18.3. The van der Waals surface area contributed by atoms with E-state index in [0.717, 1.165) is 19.3 Å². The fraction of sp³-hybridized carbons (Fsp3) is 0.478. The molecule has 4 bridgehead atoms. The van der Waals surface area contributed by atoms with Crippen LogP contribution in [0.2, 0.25) is 0 Å². The highest BCUT2D eigenvalue weighted by molar-refractivity contribution is 6.04. The zero-order valence-corrected chi connectivity index (χ0v) is 16.2. The van der Waals surface area contributed by atoms with Crippen molar-refractivity contribution in [3.05, 3.63) is 35.9 Å². The van der Waals surface area contributed by atoms with E-state index in [4.69, 9.17) is 4.74 Å². The zero-order valence-electron chi connectivity index (χ0n) is 16.2. The summed E-state index contributed by atoms with van der Waals surface area (Å²) in [4.78, 5) is 25.0. The Balaban J connectivity index is 1.26. The molecule has 152 valence electrons. The molecule has 0 aromatic heterocycles. The SMILES string of the molecule is O=C(COC(=O)c1cc(O)c2ccccc2c1O)NC12CC3CC(CC(C3)C1)C2. The molecule has 4 saturated carbocycles. The number of rotatable bonds is 4. The maximum atomic E-state index is 12.5. The molecule has 4 aliphatic rings. The number of esters is 1. The standard InChI is InChI=1S/C23H25NO5/c25-19-8-18(21(27)17-4-2-1-3-16(17)19)22(28)29-12-20(26)24-23-9-13-5-14(10-23)7-15(6-13)11-23/h1-4,8,13-15,25,27H,5-7,9-12H2,(H,24,26). The average molecular weight is 395 g/mol. The molecule has 6 nitrogen and oxygen atoms in total. The molecule has 3 N–H and O–H groups in total. The van der Waals surface area contributed by atoms with Crippen molar-refractivity contribution in [3.8, 4) is 11.5 Å². The summed E-state index contributed by atoms with van der Waals surface area (Å²) in [7, 11) is 0. The molecule has 0 radical (unpaired) electrons. The maximum Gasteiger partial charge on any atom is 0.342 e. The summed E-state index contributed by atoms with van der Waals surface area (Å²) in [5.41, 5.74) is -0.287. The first-order valence-corrected chi connectivity index (χ1v) is 10.3. The molecule has 4 fully saturated rings. The monoisotopic (exact) mass is 395 g/mol. The minimum Gasteiger partial charge on any atom is -0.507 e. The van der Waals surface area contributed by atoms with Gasteiger partial charge < -0.3 is 20.3 Å². The maximum absolute atomic E-state index is 12.5. The van der Waals surface area contributed by atoms with Crippen LogP contribution < -0.4 is 5.32 Å². The fourth-order valence-electron chi connectivity index (χ4n) is 6.30. The molecule has 0 aliphatic heterocycles. The Bertz CT molecular complexity index is 963. The molecule has 1 amide bonds. The Kier molecular flexibility index (Phi) is 4.19. The second-order valence-electron chi connectivity index (χ2n) is 9.16. The number of nitrogens with one attached hydrogen (secondary N) is 1. The number of benzene rings is 2. The number of hydrogen-bond acceptors (Lipinski definition) is 5. The molecule has 2 aromatic rings. The topological polar surface area (TPSA) is 95.9 Å². The number of phenolic OH excluding ortho intramolecular Hbond substituents is 2. The van der Waals surface area contributed by atoms with E-state index in [-0.39, 0.29) is 28.5 Å². The van der Waals surface area contributed by atoms with Crippen molar-refractivity contribution in [1.29, 1.82) is 0 Å². The number of carbonyl (C=O) groups excluding carboxylic acids is 2. The second kappa shape index (κ2) is 6.65. The minimum atomic E-state index is -0.829. The molecule has 6 heteroatoms. The van der Waals surface area contributed by atoms with Crippen LogP contribution in [0.3, 0.4) is 0 Å². The first-order valence-electron chi connectivity index (χ1n) is 10.3. The lowest BCUT2D eigenvalue weighted by Crippen LogP contribution is -2.60. The summed E-state index contributed by atoms with van der Waals surface area (Å²) in [6.45, 7) is -0.395. The van der Waals surface area contributed by atoms with E-state index in [2.05, 4.69) is 5.32 Å². The van der Waals surface area contributed by atoms with Gasteiger partial charge in [0.25, 0.3) is 5.91 Å². The van der Waals surface area contributed by atoms with Gasteiger partial charge in [0, 0.05) is 16.3 Å². The van der Waals surface area contributed by atoms with E-state index in [9.17, 15) is 19.8 Å². The number of ether oxygens (including phenoxy) is 1. The predicted molar refractivity (Wildman–Crippen MR) is 107 cm³/mol. The van der Waals surface area contributed by atoms with Crippen molar-refractivity contribution in [2.24, 2.45) is 17.8 Å². The van der Waals surface area contributed by atoms with Crippen LogP contribution >= 0.6 is 0 Å². The Morgan fingerprint density at radius 3 is 2.21 bits per heavy atom. The molecule has 0 atom stereocenters. The predicted octanol–water partition coefficient (Wildman–Crippen LogP) is 3.49. The van der Waals surface area contributed by atoms with E-state index in [1.807, 2.05) is 0 Å². The van der Waals surface area contributed by atoms with E-state index in [1.165, 1.54) is 25.3 Å². The van der Waals surface area contributed by atoms with Gasteiger partial charge in [-0.25, -0.2) is 4.79 Å². The molecule has 29 heavy (non-hydrogen) atoms. The number of aromatic hydroxyl groups is 2. The average Bonchev–Trinajstić information content (AvgIpc) is 2.67. The second-order valence-corrected chi connectivity index (χ2v) is 9.16. The zero-order chi connectivity index (χ0) is 20.2. The summed E-state index contributed by atoms with van der Waals surface area (Å²) < 4.78 is 5.17. The van der Waals surface area contributed by atoms with Crippen LogP contribution in [0.5, 0.6) is 11.5 Å². The molecule has 2 aromatic carbocycles. The van der Waals surface area contributed by atoms with Crippen LogP contribution in [0.4, 0.5) is 0 Å². The summed E-state index contributed by atoms with van der Waals surface area (Å²) in [6, 6.07) is 7.88. The highest BCUT2D eigenvalue weighted by atomic mass is 16.5. The van der Waals surface area contributed by atoms with Gasteiger partial charge >= 0.3 is 5.97 Å². The lowest BCUT2D eigenvalue weighted by atomic mass is 9.53. The van der Waals surface area contributed by atoms with Crippen molar-refractivity contribution in [3.63, 3.8) is 0 Å². The third kappa shape index (κ3) is 3.20. The van der Waals surface area contributed by atoms with Crippen molar-refractivity contribution >= 4 is 22.6 Å². The molecule has 0 heterocycles. The van der Waals surface area contributed by atoms with Crippen molar-refractivity contribution in [2.75, 3.05) is 6.61 Å². The van der Waals surface area contributed by atoms with E-state index < -0.39 is 12.6 Å². The van der Waals surface area contributed by atoms with Gasteiger partial charge in [-0.15, -0.1) is 0 Å². The Morgan fingerprint density at radius 1 is 1.00 bits per heavy atom. The Morgan fingerprint density at radius 2 is 1.59 bits per heavy atom. The smallest absolute Gasteiger partial charge is 0.342 e. The fourth-order valence-corrected chi connectivity index (χ4v) is 6.30. The molecule has 0 spiro atoms. The molecular formula is C23H25NO5. The van der Waals surface area contributed by atoms with E-state index in [0.29, 0.717) is 28.5 Å². The first-order chi connectivity index (χ1) is 13.9. The van der Waals surface area contributed by atoms with Gasteiger partial charge in [0.1, 0.15) is 17.1 Å². The van der Waals surface area contributed by atoms with Gasteiger partial charge in [-0.2, -0.15) is 0 Å². The van der Waals surface area contributed by atoms with Gasteiger partial charge in [-0.1, -0.05) is 24.3 Å². The van der Waals surface area contributed by atoms with E-state index in [1.54, 1.807) is 24.3 Å². The number of carbonyl (C=O) groups is 2. The molecule has 4 aliphatic carbocycles. The third-order valence-electron chi connectivity index (χ3n) is 6.99. The van der Waals surface area contributed by atoms with Crippen molar-refractivity contribution in [1.82, 2.24) is 5.32 Å². The Labute approximate surface area is 168 Å². The number of hydrogen-bond donors (Lipinski definition) is 3. The highest BCUT2D eigenvalue weighted by Crippen LogP contribution is 2.55. The van der Waals surface area contributed by atoms with Crippen LogP contribution in [0.1, 0.15) is 48.9 Å². The normalized spacial score (nSPS) is 29.7. The quantitative estimate of drug-likeness (QED) is 0.544. The lowest BCUT2D eigenvalue weighted by Gasteiger charge is -2.56. The van der Waals surface area contributed by atoms with E-state index >= 15 is 0 Å². The lowest BCUT2D eigenvalue weighted by molar-refractivity contribution is -0.130. The van der Waals surface area contributed by atoms with Gasteiger partial charge in [0.2, 0.25) is 0 Å². The van der Waals surface area contributed by atoms with Crippen LogP contribution in [0, 0.1) is 17.8 Å². The Hall–Kier alpha value is -2.76. The van der Waals surface area contributed by atoms with Crippen molar-refractivity contribution < 1.29 is 24.5 Å².